The molecule has 4 heteroatoms. The molecule has 1 unspecified atom stereocenters. The monoisotopic (exact) mass is 478 g/mol. The fourth-order valence-corrected chi connectivity index (χ4v) is 5.40. The molecule has 1 aliphatic rings. The average Bonchev–Trinajstić information content (AvgIpc) is 2.87. The van der Waals surface area contributed by atoms with Crippen LogP contribution in [0.1, 0.15) is 74.9 Å². The Labute approximate surface area is 213 Å². The number of morpholine rings is 1. The van der Waals surface area contributed by atoms with Gasteiger partial charge in [0.05, 0.1) is 18.8 Å². The van der Waals surface area contributed by atoms with Crippen LogP contribution in [0.4, 0.5) is 5.69 Å². The van der Waals surface area contributed by atoms with Crippen LogP contribution in [-0.4, -0.2) is 56.1 Å². The van der Waals surface area contributed by atoms with Crippen LogP contribution >= 0.6 is 0 Å². The van der Waals surface area contributed by atoms with E-state index in [0.29, 0.717) is 19.1 Å². The predicted octanol–water partition coefficient (Wildman–Crippen LogP) is 6.42. The lowest BCUT2D eigenvalue weighted by molar-refractivity contribution is 0.0578. The smallest absolute Gasteiger partial charge is 0.185 e. The molecule has 2 aromatic carbocycles. The van der Waals surface area contributed by atoms with Crippen molar-refractivity contribution in [2.75, 3.05) is 44.8 Å². The van der Waals surface area contributed by atoms with E-state index in [2.05, 4.69) is 80.9 Å². The normalized spacial score (nSPS) is 16.0. The van der Waals surface area contributed by atoms with Gasteiger partial charge in [-0.3, -0.25) is 9.69 Å². The van der Waals surface area contributed by atoms with E-state index in [4.69, 9.17) is 4.74 Å². The number of likely N-dealkylation sites (N-methyl/N-ethyl adjacent to an activating group) is 1. The van der Waals surface area contributed by atoms with E-state index in [9.17, 15) is 4.79 Å². The summed E-state index contributed by atoms with van der Waals surface area (Å²) < 4.78 is 5.59. The summed E-state index contributed by atoms with van der Waals surface area (Å²) >= 11 is 0. The Hall–Kier alpha value is -2.17. The van der Waals surface area contributed by atoms with Crippen LogP contribution in [0.2, 0.25) is 0 Å². The molecule has 0 aliphatic carbocycles. The molecule has 35 heavy (non-hydrogen) atoms. The standard InChI is InChI=1S/C31H46N2O2/c1-6-8-18-32(5)31(17-7-2,24-27-15-13-26(14-16-27)23-25(3)4)30(34)28-11-9-10-12-29(28)33-19-21-35-22-20-33/h9-16,25H,6-8,17-24H2,1-5H3. The van der Waals surface area contributed by atoms with Gasteiger partial charge in [-0.25, -0.2) is 0 Å². The van der Waals surface area contributed by atoms with Crippen molar-refractivity contribution in [3.8, 4) is 0 Å². The third kappa shape index (κ3) is 6.95. The molecule has 1 heterocycles. The first-order valence-electron chi connectivity index (χ1n) is 13.7. The molecule has 1 aliphatic heterocycles. The van der Waals surface area contributed by atoms with Gasteiger partial charge in [-0.05, 0) is 68.5 Å². The van der Waals surface area contributed by atoms with Crippen molar-refractivity contribution in [3.63, 3.8) is 0 Å². The summed E-state index contributed by atoms with van der Waals surface area (Å²) in [7, 11) is 2.16. The Morgan fingerprint density at radius 3 is 2.29 bits per heavy atom. The van der Waals surface area contributed by atoms with Gasteiger partial charge in [0.25, 0.3) is 0 Å². The van der Waals surface area contributed by atoms with E-state index in [-0.39, 0.29) is 5.78 Å². The highest BCUT2D eigenvalue weighted by atomic mass is 16.5. The summed E-state index contributed by atoms with van der Waals surface area (Å²) in [5, 5.41) is 0. The summed E-state index contributed by atoms with van der Waals surface area (Å²) in [6.07, 6.45) is 5.84. The highest BCUT2D eigenvalue weighted by molar-refractivity contribution is 6.07. The fraction of sp³-hybridized carbons (Fsp3) is 0.581. The minimum atomic E-state index is -0.564. The van der Waals surface area contributed by atoms with Crippen molar-refractivity contribution < 1.29 is 9.53 Å². The van der Waals surface area contributed by atoms with Crippen LogP contribution in [0.5, 0.6) is 0 Å². The Bertz CT molecular complexity index is 918. The Kier molecular flexibility index (Phi) is 10.4. The number of Topliss-reactive ketones (excluding diaryl/α,β-unsaturated/α-hetero) is 1. The Balaban J connectivity index is 2.01. The van der Waals surface area contributed by atoms with Crippen molar-refractivity contribution in [1.29, 1.82) is 0 Å². The molecule has 1 atom stereocenters. The number of ether oxygens (including phenoxy) is 1. The number of nitrogens with zero attached hydrogens (tertiary/aromatic N) is 2. The van der Waals surface area contributed by atoms with Gasteiger partial charge in [-0.1, -0.05) is 76.9 Å². The zero-order chi connectivity index (χ0) is 25.3. The lowest BCUT2D eigenvalue weighted by Crippen LogP contribution is -2.55. The molecular formula is C31H46N2O2. The first-order valence-corrected chi connectivity index (χ1v) is 13.7. The highest BCUT2D eigenvalue weighted by Crippen LogP contribution is 2.34. The van der Waals surface area contributed by atoms with Crippen molar-refractivity contribution >= 4 is 11.5 Å². The van der Waals surface area contributed by atoms with Gasteiger partial charge in [-0.2, -0.15) is 0 Å². The summed E-state index contributed by atoms with van der Waals surface area (Å²) in [6.45, 7) is 12.9. The molecule has 192 valence electrons. The van der Waals surface area contributed by atoms with Crippen molar-refractivity contribution in [3.05, 3.63) is 65.2 Å². The second-order valence-electron chi connectivity index (χ2n) is 10.6. The average molecular weight is 479 g/mol. The molecule has 0 amide bonds. The van der Waals surface area contributed by atoms with Gasteiger partial charge >= 0.3 is 0 Å². The van der Waals surface area contributed by atoms with Crippen LogP contribution < -0.4 is 4.90 Å². The fourth-order valence-electron chi connectivity index (χ4n) is 5.40. The van der Waals surface area contributed by atoms with Gasteiger partial charge in [0.1, 0.15) is 0 Å². The van der Waals surface area contributed by atoms with Gasteiger partial charge in [0.2, 0.25) is 0 Å². The molecule has 0 bridgehead atoms. The largest absolute Gasteiger partial charge is 0.378 e. The second-order valence-corrected chi connectivity index (χ2v) is 10.6. The second kappa shape index (κ2) is 13.2. The number of carbonyl (C=O) groups excluding carboxylic acids is 1. The topological polar surface area (TPSA) is 32.8 Å². The highest BCUT2D eigenvalue weighted by Gasteiger charge is 2.42. The van der Waals surface area contributed by atoms with Crippen molar-refractivity contribution in [1.82, 2.24) is 4.90 Å². The molecule has 2 aromatic rings. The van der Waals surface area contributed by atoms with Crippen molar-refractivity contribution in [2.45, 2.75) is 71.8 Å². The van der Waals surface area contributed by atoms with Gasteiger partial charge in [-0.15, -0.1) is 0 Å². The molecule has 0 saturated carbocycles. The SMILES string of the molecule is CCCCN(C)C(CCC)(Cc1ccc(CC(C)C)cc1)C(=O)c1ccccc1N1CCOCC1. The number of ketones is 1. The molecule has 0 spiro atoms. The molecule has 3 rings (SSSR count). The lowest BCUT2D eigenvalue weighted by atomic mass is 9.78. The van der Waals surface area contributed by atoms with E-state index >= 15 is 0 Å². The van der Waals surface area contributed by atoms with Crippen LogP contribution in [-0.2, 0) is 17.6 Å². The Morgan fingerprint density at radius 1 is 1.00 bits per heavy atom. The van der Waals surface area contributed by atoms with E-state index in [1.807, 2.05) is 12.1 Å². The molecule has 0 aromatic heterocycles. The summed E-state index contributed by atoms with van der Waals surface area (Å²) in [6, 6.07) is 17.2. The quantitative estimate of drug-likeness (QED) is 0.311. The maximum absolute atomic E-state index is 14.6. The first kappa shape index (κ1) is 27.4. The summed E-state index contributed by atoms with van der Waals surface area (Å²) in [5.41, 5.74) is 3.95. The molecular weight excluding hydrogens is 432 g/mol. The minimum absolute atomic E-state index is 0.256. The van der Waals surface area contributed by atoms with Gasteiger partial charge < -0.3 is 9.64 Å². The number of hydrogen-bond donors (Lipinski definition) is 0. The zero-order valence-electron chi connectivity index (χ0n) is 22.7. The van der Waals surface area contributed by atoms with Crippen LogP contribution in [0.15, 0.2) is 48.5 Å². The number of rotatable bonds is 13. The minimum Gasteiger partial charge on any atom is -0.378 e. The van der Waals surface area contributed by atoms with E-state index in [0.717, 1.165) is 69.4 Å². The molecule has 1 saturated heterocycles. The number of hydrogen-bond acceptors (Lipinski definition) is 4. The molecule has 1 fully saturated rings. The predicted molar refractivity (Wildman–Crippen MR) is 148 cm³/mol. The van der Waals surface area contributed by atoms with Crippen LogP contribution in [0.3, 0.4) is 0 Å². The Morgan fingerprint density at radius 2 is 1.66 bits per heavy atom. The van der Waals surface area contributed by atoms with Crippen LogP contribution in [0.25, 0.3) is 0 Å². The lowest BCUT2D eigenvalue weighted by Gasteiger charge is -2.42. The number of benzene rings is 2. The molecule has 4 nitrogen and oxygen atoms in total. The van der Waals surface area contributed by atoms with Crippen LogP contribution in [0, 0.1) is 5.92 Å². The first-order chi connectivity index (χ1) is 16.9. The van der Waals surface area contributed by atoms with Crippen molar-refractivity contribution in [2.24, 2.45) is 5.92 Å². The summed E-state index contributed by atoms with van der Waals surface area (Å²) in [4.78, 5) is 19.3. The number of carbonyl (C=O) groups is 1. The van der Waals surface area contributed by atoms with Gasteiger partial charge in [0.15, 0.2) is 5.78 Å². The van der Waals surface area contributed by atoms with E-state index in [1.54, 1.807) is 0 Å². The van der Waals surface area contributed by atoms with E-state index < -0.39 is 5.54 Å². The zero-order valence-corrected chi connectivity index (χ0v) is 22.7. The number of para-hydroxylation sites is 1. The third-order valence-corrected chi connectivity index (χ3v) is 7.33. The molecule has 0 N–H and O–H groups in total. The maximum atomic E-state index is 14.6. The van der Waals surface area contributed by atoms with E-state index in [1.165, 1.54) is 11.1 Å². The number of anilines is 1. The third-order valence-electron chi connectivity index (χ3n) is 7.33. The summed E-state index contributed by atoms with van der Waals surface area (Å²) in [5.74, 6) is 0.893. The number of unbranched alkanes of at least 4 members (excludes halogenated alkanes) is 1. The maximum Gasteiger partial charge on any atom is 0.185 e. The molecule has 0 radical (unpaired) electrons. The van der Waals surface area contributed by atoms with Gasteiger partial charge in [0, 0.05) is 24.3 Å².